The normalized spacial score (nSPS) is 19.2. The molecule has 0 aromatic heterocycles. The van der Waals surface area contributed by atoms with Crippen LogP contribution in [0, 0.1) is 0 Å². The summed E-state index contributed by atoms with van der Waals surface area (Å²) < 4.78 is 11.6. The summed E-state index contributed by atoms with van der Waals surface area (Å²) in [5, 5.41) is 0. The summed E-state index contributed by atoms with van der Waals surface area (Å²) in [4.78, 5) is 26.2. The Hall–Kier alpha value is -2.66. The fourth-order valence-electron chi connectivity index (χ4n) is 3.56. The van der Waals surface area contributed by atoms with Gasteiger partial charge in [-0.2, -0.15) is 0 Å². The number of benzene rings is 2. The maximum atomic E-state index is 12.7. The summed E-state index contributed by atoms with van der Waals surface area (Å²) in [7, 11) is 0. The van der Waals surface area contributed by atoms with Gasteiger partial charge in [-0.3, -0.25) is 4.79 Å². The molecule has 0 N–H and O–H groups in total. The number of nitrogens with zero attached hydrogens (tertiary/aromatic N) is 1. The topological polar surface area (TPSA) is 55.8 Å². The number of piperidine rings is 1. The smallest absolute Gasteiger partial charge is 0.410 e. The van der Waals surface area contributed by atoms with Gasteiger partial charge in [0, 0.05) is 13.0 Å². The van der Waals surface area contributed by atoms with Gasteiger partial charge in [-0.1, -0.05) is 60.7 Å². The van der Waals surface area contributed by atoms with Gasteiger partial charge in [-0.15, -0.1) is 0 Å². The van der Waals surface area contributed by atoms with Gasteiger partial charge in [0.15, 0.2) is 0 Å². The Morgan fingerprint density at radius 3 is 2.18 bits per heavy atom. The van der Waals surface area contributed by atoms with E-state index < -0.39 is 0 Å². The third kappa shape index (κ3) is 5.67. The van der Waals surface area contributed by atoms with Crippen molar-refractivity contribution in [1.29, 1.82) is 0 Å². The van der Waals surface area contributed by atoms with E-state index in [0.29, 0.717) is 13.2 Å². The Morgan fingerprint density at radius 2 is 1.57 bits per heavy atom. The lowest BCUT2D eigenvalue weighted by molar-refractivity contribution is -0.121. The standard InChI is InChI=1S/C23H27NO4/c1-18(25)15-21-22(27-16-19-9-4-2-5-10-19)13-8-14-24(21)23(26)28-17-20-11-6-3-7-12-20/h2-7,9-12,21-22H,8,13-17H2,1H3/t21-,22+/m1/s1. The summed E-state index contributed by atoms with van der Waals surface area (Å²) in [5.41, 5.74) is 2.01. The highest BCUT2D eigenvalue weighted by Crippen LogP contribution is 2.25. The first-order valence-electron chi connectivity index (χ1n) is 9.76. The second-order valence-corrected chi connectivity index (χ2v) is 7.18. The van der Waals surface area contributed by atoms with Crippen LogP contribution in [0.4, 0.5) is 4.79 Å². The SMILES string of the molecule is CC(=O)C[C@@H]1[C@@H](OCc2ccccc2)CCCN1C(=O)OCc1ccccc1. The highest BCUT2D eigenvalue weighted by atomic mass is 16.6. The fourth-order valence-corrected chi connectivity index (χ4v) is 3.56. The Balaban J connectivity index is 1.64. The first-order valence-corrected chi connectivity index (χ1v) is 9.76. The molecule has 2 aromatic carbocycles. The van der Waals surface area contributed by atoms with Crippen molar-refractivity contribution in [2.45, 2.75) is 51.5 Å². The van der Waals surface area contributed by atoms with E-state index in [1.807, 2.05) is 60.7 Å². The first kappa shape index (κ1) is 20.1. The van der Waals surface area contributed by atoms with Crippen molar-refractivity contribution >= 4 is 11.9 Å². The summed E-state index contributed by atoms with van der Waals surface area (Å²) >= 11 is 0. The van der Waals surface area contributed by atoms with Gasteiger partial charge < -0.3 is 14.4 Å². The number of hydrogen-bond acceptors (Lipinski definition) is 4. The molecule has 1 aliphatic rings. The Bertz CT molecular complexity index is 763. The lowest BCUT2D eigenvalue weighted by Crippen LogP contribution is -2.52. The van der Waals surface area contributed by atoms with Gasteiger partial charge in [-0.05, 0) is 30.9 Å². The van der Waals surface area contributed by atoms with Crippen LogP contribution in [0.1, 0.15) is 37.3 Å². The van der Waals surface area contributed by atoms with Crippen LogP contribution in [0.5, 0.6) is 0 Å². The van der Waals surface area contributed by atoms with Gasteiger partial charge >= 0.3 is 6.09 Å². The zero-order chi connectivity index (χ0) is 19.8. The zero-order valence-corrected chi connectivity index (χ0v) is 16.3. The van der Waals surface area contributed by atoms with E-state index in [2.05, 4.69) is 0 Å². The highest BCUT2D eigenvalue weighted by Gasteiger charge is 2.36. The molecule has 1 aliphatic heterocycles. The van der Waals surface area contributed by atoms with Crippen molar-refractivity contribution in [2.75, 3.05) is 6.54 Å². The molecule has 0 saturated carbocycles. The van der Waals surface area contributed by atoms with Crippen molar-refractivity contribution in [3.05, 3.63) is 71.8 Å². The molecule has 0 radical (unpaired) electrons. The maximum absolute atomic E-state index is 12.7. The van der Waals surface area contributed by atoms with Crippen molar-refractivity contribution in [2.24, 2.45) is 0 Å². The van der Waals surface area contributed by atoms with Crippen LogP contribution in [0.25, 0.3) is 0 Å². The van der Waals surface area contributed by atoms with Crippen LogP contribution < -0.4 is 0 Å². The monoisotopic (exact) mass is 381 g/mol. The van der Waals surface area contributed by atoms with Crippen LogP contribution in [-0.2, 0) is 27.5 Å². The van der Waals surface area contributed by atoms with E-state index in [4.69, 9.17) is 9.47 Å². The van der Waals surface area contributed by atoms with Gasteiger partial charge in [0.1, 0.15) is 12.4 Å². The van der Waals surface area contributed by atoms with Crippen LogP contribution in [0.2, 0.25) is 0 Å². The number of rotatable bonds is 7. The first-order chi connectivity index (χ1) is 13.6. The minimum Gasteiger partial charge on any atom is -0.445 e. The molecule has 0 spiro atoms. The molecule has 1 heterocycles. The Kier molecular flexibility index (Phi) is 7.20. The maximum Gasteiger partial charge on any atom is 0.410 e. The molecule has 0 bridgehead atoms. The third-order valence-electron chi connectivity index (χ3n) is 4.96. The van der Waals surface area contributed by atoms with Crippen molar-refractivity contribution in [1.82, 2.24) is 4.90 Å². The molecular formula is C23H27NO4. The zero-order valence-electron chi connectivity index (χ0n) is 16.3. The number of ether oxygens (including phenoxy) is 2. The van der Waals surface area contributed by atoms with E-state index in [9.17, 15) is 9.59 Å². The van der Waals surface area contributed by atoms with Gasteiger partial charge in [0.2, 0.25) is 0 Å². The minimum atomic E-state index is -0.386. The average Bonchev–Trinajstić information content (AvgIpc) is 2.72. The Labute approximate surface area is 166 Å². The molecule has 1 fully saturated rings. The molecule has 0 aliphatic carbocycles. The van der Waals surface area contributed by atoms with Crippen LogP contribution in [0.15, 0.2) is 60.7 Å². The number of carbonyl (C=O) groups excluding carboxylic acids is 2. The molecule has 5 heteroatoms. The quantitative estimate of drug-likeness (QED) is 0.715. The third-order valence-corrected chi connectivity index (χ3v) is 4.96. The molecule has 3 rings (SSSR count). The number of ketones is 1. The molecule has 2 aromatic rings. The summed E-state index contributed by atoms with van der Waals surface area (Å²) in [6.07, 6.45) is 1.37. The van der Waals surface area contributed by atoms with Crippen LogP contribution in [0.3, 0.4) is 0 Å². The van der Waals surface area contributed by atoms with E-state index in [0.717, 1.165) is 24.0 Å². The van der Waals surface area contributed by atoms with Crippen LogP contribution >= 0.6 is 0 Å². The summed E-state index contributed by atoms with van der Waals surface area (Å²) in [6, 6.07) is 19.2. The van der Waals surface area contributed by atoms with Crippen LogP contribution in [-0.4, -0.2) is 35.5 Å². The van der Waals surface area contributed by atoms with Gasteiger partial charge in [-0.25, -0.2) is 4.79 Å². The largest absolute Gasteiger partial charge is 0.445 e. The fraction of sp³-hybridized carbons (Fsp3) is 0.391. The number of Topliss-reactive ketones (excluding diaryl/α,β-unsaturated/α-hetero) is 1. The second-order valence-electron chi connectivity index (χ2n) is 7.18. The molecule has 148 valence electrons. The predicted molar refractivity (Wildman–Crippen MR) is 107 cm³/mol. The van der Waals surface area contributed by atoms with Crippen molar-refractivity contribution in [3.63, 3.8) is 0 Å². The summed E-state index contributed by atoms with van der Waals surface area (Å²) in [5.74, 6) is 0.0427. The van der Waals surface area contributed by atoms with E-state index in [-0.39, 0.29) is 37.0 Å². The Morgan fingerprint density at radius 1 is 0.964 bits per heavy atom. The number of amides is 1. The molecule has 5 nitrogen and oxygen atoms in total. The lowest BCUT2D eigenvalue weighted by Gasteiger charge is -2.40. The average molecular weight is 381 g/mol. The molecule has 2 atom stereocenters. The molecule has 28 heavy (non-hydrogen) atoms. The number of likely N-dealkylation sites (tertiary alicyclic amines) is 1. The van der Waals surface area contributed by atoms with E-state index >= 15 is 0 Å². The molecular weight excluding hydrogens is 354 g/mol. The van der Waals surface area contributed by atoms with Gasteiger partial charge in [0.25, 0.3) is 0 Å². The van der Waals surface area contributed by atoms with Gasteiger partial charge in [0.05, 0.1) is 18.8 Å². The summed E-state index contributed by atoms with van der Waals surface area (Å²) in [6.45, 7) is 2.82. The van der Waals surface area contributed by atoms with Crippen molar-refractivity contribution < 1.29 is 19.1 Å². The molecule has 0 unspecified atom stereocenters. The number of carbonyl (C=O) groups is 2. The highest BCUT2D eigenvalue weighted by molar-refractivity contribution is 5.77. The molecule has 1 amide bonds. The second kappa shape index (κ2) is 10.0. The minimum absolute atomic E-state index is 0.0427. The lowest BCUT2D eigenvalue weighted by atomic mass is 9.95. The molecule has 1 saturated heterocycles. The predicted octanol–water partition coefficient (Wildman–Crippen LogP) is 4.35. The van der Waals surface area contributed by atoms with E-state index in [1.54, 1.807) is 11.8 Å². The van der Waals surface area contributed by atoms with Crippen molar-refractivity contribution in [3.8, 4) is 0 Å². The van der Waals surface area contributed by atoms with E-state index in [1.165, 1.54) is 0 Å². The number of hydrogen-bond donors (Lipinski definition) is 0.